The number of methoxy groups -OCH3 is 1. The molecule has 4 aromatic rings. The summed E-state index contributed by atoms with van der Waals surface area (Å²) in [5.41, 5.74) is 2.50. The monoisotopic (exact) mass is 509 g/mol. The smallest absolute Gasteiger partial charge is 0.254 e. The van der Waals surface area contributed by atoms with Crippen molar-refractivity contribution in [3.63, 3.8) is 0 Å². The van der Waals surface area contributed by atoms with E-state index in [1.165, 1.54) is 7.11 Å². The summed E-state index contributed by atoms with van der Waals surface area (Å²) in [4.78, 5) is 26.5. The molecule has 0 saturated carbocycles. The third-order valence-electron chi connectivity index (χ3n) is 5.96. The van der Waals surface area contributed by atoms with Crippen LogP contribution in [0, 0.1) is 0 Å². The van der Waals surface area contributed by atoms with E-state index in [-0.39, 0.29) is 18.8 Å². The SMILES string of the molecule is COC(C(=O)NC(COCc1ccccc1)C(=O)Cc1ccc(Oc2ccccc2)cc1)c1ccccc1. The van der Waals surface area contributed by atoms with Crippen LogP contribution in [0.3, 0.4) is 0 Å². The number of nitrogens with one attached hydrogen (secondary N) is 1. The van der Waals surface area contributed by atoms with Crippen LogP contribution in [-0.2, 0) is 32.1 Å². The van der Waals surface area contributed by atoms with Crippen LogP contribution in [0.25, 0.3) is 0 Å². The molecule has 0 aliphatic heterocycles. The quantitative estimate of drug-likeness (QED) is 0.251. The van der Waals surface area contributed by atoms with Crippen molar-refractivity contribution in [1.82, 2.24) is 5.32 Å². The number of rotatable bonds is 13. The molecule has 0 fully saturated rings. The molecule has 0 spiro atoms. The summed E-state index contributed by atoms with van der Waals surface area (Å²) < 4.78 is 17.1. The largest absolute Gasteiger partial charge is 0.457 e. The molecular formula is C32H31NO5. The number of Topliss-reactive ketones (excluding diaryl/α,β-unsaturated/α-hetero) is 1. The van der Waals surface area contributed by atoms with E-state index in [0.29, 0.717) is 17.9 Å². The first-order valence-corrected chi connectivity index (χ1v) is 12.5. The van der Waals surface area contributed by atoms with Gasteiger partial charge in [-0.3, -0.25) is 9.59 Å². The Hall–Kier alpha value is -4.26. The van der Waals surface area contributed by atoms with Crippen LogP contribution < -0.4 is 10.1 Å². The summed E-state index contributed by atoms with van der Waals surface area (Å²) in [7, 11) is 1.47. The second-order valence-electron chi connectivity index (χ2n) is 8.79. The zero-order chi connectivity index (χ0) is 26.6. The van der Waals surface area contributed by atoms with E-state index in [1.807, 2.05) is 115 Å². The van der Waals surface area contributed by atoms with Crippen molar-refractivity contribution >= 4 is 11.7 Å². The molecule has 0 aliphatic rings. The van der Waals surface area contributed by atoms with Crippen LogP contribution in [0.2, 0.25) is 0 Å². The first kappa shape index (κ1) is 26.8. The molecule has 0 saturated heterocycles. The number of carbonyl (C=O) groups is 2. The fourth-order valence-corrected chi connectivity index (χ4v) is 3.98. The third-order valence-corrected chi connectivity index (χ3v) is 5.96. The number of para-hydroxylation sites is 1. The Bertz CT molecular complexity index is 1280. The molecule has 0 radical (unpaired) electrons. The van der Waals surface area contributed by atoms with Crippen molar-refractivity contribution in [1.29, 1.82) is 0 Å². The van der Waals surface area contributed by atoms with E-state index in [0.717, 1.165) is 16.9 Å². The van der Waals surface area contributed by atoms with E-state index < -0.39 is 18.1 Å². The molecule has 38 heavy (non-hydrogen) atoms. The normalized spacial score (nSPS) is 12.3. The van der Waals surface area contributed by atoms with Gasteiger partial charge < -0.3 is 19.5 Å². The zero-order valence-corrected chi connectivity index (χ0v) is 21.3. The average Bonchev–Trinajstić information content (AvgIpc) is 2.95. The molecule has 0 aromatic heterocycles. The maximum Gasteiger partial charge on any atom is 0.254 e. The van der Waals surface area contributed by atoms with Crippen molar-refractivity contribution in [2.75, 3.05) is 13.7 Å². The molecular weight excluding hydrogens is 478 g/mol. The lowest BCUT2D eigenvalue weighted by Crippen LogP contribution is -2.46. The predicted molar refractivity (Wildman–Crippen MR) is 146 cm³/mol. The summed E-state index contributed by atoms with van der Waals surface area (Å²) >= 11 is 0. The lowest BCUT2D eigenvalue weighted by molar-refractivity contribution is -0.136. The maximum absolute atomic E-state index is 13.3. The Kier molecular flexibility index (Phi) is 9.79. The van der Waals surface area contributed by atoms with Gasteiger partial charge in [-0.1, -0.05) is 91.0 Å². The molecule has 2 unspecified atom stereocenters. The fraction of sp³-hybridized carbons (Fsp3) is 0.188. The Morgan fingerprint density at radius 3 is 1.92 bits per heavy atom. The van der Waals surface area contributed by atoms with Crippen LogP contribution in [0.4, 0.5) is 0 Å². The molecule has 6 nitrogen and oxygen atoms in total. The first-order valence-electron chi connectivity index (χ1n) is 12.5. The highest BCUT2D eigenvalue weighted by atomic mass is 16.5. The highest BCUT2D eigenvalue weighted by molar-refractivity contribution is 5.92. The Morgan fingerprint density at radius 1 is 0.711 bits per heavy atom. The second kappa shape index (κ2) is 13.9. The molecule has 0 bridgehead atoms. The number of ether oxygens (including phenoxy) is 3. The molecule has 6 heteroatoms. The van der Waals surface area contributed by atoms with Crippen molar-refractivity contribution < 1.29 is 23.8 Å². The molecule has 1 N–H and O–H groups in total. The molecule has 2 atom stereocenters. The van der Waals surface area contributed by atoms with Gasteiger partial charge in [0, 0.05) is 13.5 Å². The highest BCUT2D eigenvalue weighted by Crippen LogP contribution is 2.22. The minimum atomic E-state index is -0.840. The molecule has 194 valence electrons. The van der Waals surface area contributed by atoms with Gasteiger partial charge in [0.1, 0.15) is 17.5 Å². The Labute approximate surface area is 223 Å². The Balaban J connectivity index is 1.42. The first-order chi connectivity index (χ1) is 18.6. The van der Waals surface area contributed by atoms with Gasteiger partial charge in [-0.05, 0) is 41.0 Å². The zero-order valence-electron chi connectivity index (χ0n) is 21.3. The van der Waals surface area contributed by atoms with Crippen molar-refractivity contribution in [2.45, 2.75) is 25.2 Å². The number of amides is 1. The number of hydrogen-bond acceptors (Lipinski definition) is 5. The lowest BCUT2D eigenvalue weighted by Gasteiger charge is -2.22. The molecule has 0 heterocycles. The number of carbonyl (C=O) groups excluding carboxylic acids is 2. The van der Waals surface area contributed by atoms with Gasteiger partial charge in [0.25, 0.3) is 5.91 Å². The molecule has 0 aliphatic carbocycles. The minimum absolute atomic E-state index is 0.0416. The van der Waals surface area contributed by atoms with E-state index >= 15 is 0 Å². The fourth-order valence-electron chi connectivity index (χ4n) is 3.98. The van der Waals surface area contributed by atoms with Crippen molar-refractivity contribution in [2.24, 2.45) is 0 Å². The van der Waals surface area contributed by atoms with Gasteiger partial charge in [0.05, 0.1) is 13.2 Å². The van der Waals surface area contributed by atoms with Gasteiger partial charge in [-0.2, -0.15) is 0 Å². The lowest BCUT2D eigenvalue weighted by atomic mass is 10.0. The topological polar surface area (TPSA) is 73.9 Å². The second-order valence-corrected chi connectivity index (χ2v) is 8.79. The van der Waals surface area contributed by atoms with E-state index in [2.05, 4.69) is 5.32 Å². The molecule has 4 aromatic carbocycles. The summed E-state index contributed by atoms with van der Waals surface area (Å²) in [6.45, 7) is 0.373. The van der Waals surface area contributed by atoms with Crippen molar-refractivity contribution in [3.05, 3.63) is 132 Å². The molecule has 4 rings (SSSR count). The summed E-state index contributed by atoms with van der Waals surface area (Å²) in [6, 6.07) is 34.9. The summed E-state index contributed by atoms with van der Waals surface area (Å²) in [5, 5.41) is 2.85. The number of ketones is 1. The predicted octanol–water partition coefficient (Wildman–Crippen LogP) is 5.68. The summed E-state index contributed by atoms with van der Waals surface area (Å²) in [6.07, 6.45) is -0.705. The van der Waals surface area contributed by atoms with Crippen LogP contribution >= 0.6 is 0 Å². The third kappa shape index (κ3) is 7.87. The van der Waals surface area contributed by atoms with Crippen LogP contribution in [0.15, 0.2) is 115 Å². The standard InChI is InChI=1S/C32H31NO5/c1-36-31(26-13-7-3-8-14-26)32(35)33-29(23-37-22-25-11-5-2-6-12-25)30(34)21-24-17-19-28(20-18-24)38-27-15-9-4-10-16-27/h2-20,29,31H,21-23H2,1H3,(H,33,35). The highest BCUT2D eigenvalue weighted by Gasteiger charge is 2.27. The van der Waals surface area contributed by atoms with Gasteiger partial charge >= 0.3 is 0 Å². The van der Waals surface area contributed by atoms with Crippen LogP contribution in [-0.4, -0.2) is 31.4 Å². The average molecular weight is 510 g/mol. The van der Waals surface area contributed by atoms with E-state index in [9.17, 15) is 9.59 Å². The molecule has 1 amide bonds. The summed E-state index contributed by atoms with van der Waals surface area (Å²) in [5.74, 6) is 0.855. The van der Waals surface area contributed by atoms with Gasteiger partial charge in [-0.15, -0.1) is 0 Å². The van der Waals surface area contributed by atoms with Gasteiger partial charge in [-0.25, -0.2) is 0 Å². The number of hydrogen-bond donors (Lipinski definition) is 1. The van der Waals surface area contributed by atoms with Crippen molar-refractivity contribution in [3.8, 4) is 11.5 Å². The van der Waals surface area contributed by atoms with Gasteiger partial charge in [0.15, 0.2) is 11.9 Å². The van der Waals surface area contributed by atoms with E-state index in [1.54, 1.807) is 0 Å². The Morgan fingerprint density at radius 2 is 1.29 bits per heavy atom. The van der Waals surface area contributed by atoms with Gasteiger partial charge in [0.2, 0.25) is 0 Å². The van der Waals surface area contributed by atoms with E-state index in [4.69, 9.17) is 14.2 Å². The van der Waals surface area contributed by atoms with Crippen LogP contribution in [0.5, 0.6) is 11.5 Å². The maximum atomic E-state index is 13.3. The minimum Gasteiger partial charge on any atom is -0.457 e. The number of benzene rings is 4. The van der Waals surface area contributed by atoms with Crippen LogP contribution in [0.1, 0.15) is 22.8 Å².